The number of nitrogens with one attached hydrogen (secondary N) is 1. The lowest BCUT2D eigenvalue weighted by atomic mass is 10.4. The topological polar surface area (TPSA) is 43.4 Å². The van der Waals surface area contributed by atoms with Crippen molar-refractivity contribution in [2.75, 3.05) is 25.1 Å². The Balaban J connectivity index is 2.24. The molecule has 1 rings (SSSR count). The summed E-state index contributed by atoms with van der Waals surface area (Å²) in [5.74, 6) is 0. The number of aromatic nitrogens is 1. The molecule has 1 atom stereocenters. The maximum atomic E-state index is 5.67. The molecule has 1 N–H and O–H groups in total. The van der Waals surface area contributed by atoms with Crippen LogP contribution in [0.1, 0.15) is 32.1 Å². The molecule has 0 saturated carbocycles. The van der Waals surface area contributed by atoms with Gasteiger partial charge in [-0.2, -0.15) is 0 Å². The molecule has 0 fully saturated rings. The summed E-state index contributed by atoms with van der Waals surface area (Å²) in [7, 11) is 0. The van der Waals surface area contributed by atoms with E-state index in [1.54, 1.807) is 11.3 Å². The van der Waals surface area contributed by atoms with E-state index >= 15 is 0 Å². The molecule has 0 aliphatic carbocycles. The maximum Gasteiger partial charge on any atom is 0.182 e. The van der Waals surface area contributed by atoms with Crippen LogP contribution in [0.2, 0.25) is 0 Å². The highest BCUT2D eigenvalue weighted by atomic mass is 32.1. The van der Waals surface area contributed by atoms with Crippen LogP contribution >= 0.6 is 11.3 Å². The summed E-state index contributed by atoms with van der Waals surface area (Å²) in [5, 5.41) is 4.24. The van der Waals surface area contributed by atoms with Gasteiger partial charge in [0.15, 0.2) is 5.13 Å². The van der Waals surface area contributed by atoms with E-state index in [2.05, 4.69) is 17.2 Å². The first-order chi connectivity index (χ1) is 8.26. The standard InChI is InChI=1S/C12H22N2O2S/c1-4-6-13-12-14-7-11(17-12)9-16-10(3)8-15-5-2/h7,10H,4-6,8-9H2,1-3H3,(H,13,14). The van der Waals surface area contributed by atoms with Gasteiger partial charge in [0.05, 0.1) is 24.2 Å². The predicted molar refractivity (Wildman–Crippen MR) is 71.6 cm³/mol. The van der Waals surface area contributed by atoms with Crippen molar-refractivity contribution in [3.05, 3.63) is 11.1 Å². The zero-order chi connectivity index (χ0) is 12.5. The highest BCUT2D eigenvalue weighted by molar-refractivity contribution is 7.15. The molecule has 0 spiro atoms. The first-order valence-electron chi connectivity index (χ1n) is 6.14. The van der Waals surface area contributed by atoms with Crippen LogP contribution < -0.4 is 5.32 Å². The fourth-order valence-corrected chi connectivity index (χ4v) is 2.00. The van der Waals surface area contributed by atoms with Crippen LogP contribution in [0.25, 0.3) is 0 Å². The van der Waals surface area contributed by atoms with Gasteiger partial charge in [-0.25, -0.2) is 4.98 Å². The molecule has 1 aromatic rings. The lowest BCUT2D eigenvalue weighted by Crippen LogP contribution is -2.15. The third-order valence-corrected chi connectivity index (χ3v) is 3.08. The van der Waals surface area contributed by atoms with Crippen molar-refractivity contribution in [3.63, 3.8) is 0 Å². The van der Waals surface area contributed by atoms with Gasteiger partial charge in [-0.1, -0.05) is 18.3 Å². The van der Waals surface area contributed by atoms with Crippen molar-refractivity contribution in [1.82, 2.24) is 4.98 Å². The Morgan fingerprint density at radius 1 is 1.47 bits per heavy atom. The minimum absolute atomic E-state index is 0.129. The van der Waals surface area contributed by atoms with Crippen molar-refractivity contribution < 1.29 is 9.47 Å². The SMILES string of the molecule is CCCNc1ncc(COC(C)COCC)s1. The Labute approximate surface area is 107 Å². The largest absolute Gasteiger partial charge is 0.379 e. The second-order valence-corrected chi connectivity index (χ2v) is 4.95. The molecule has 0 radical (unpaired) electrons. The van der Waals surface area contributed by atoms with E-state index in [1.165, 1.54) is 0 Å². The quantitative estimate of drug-likeness (QED) is 0.739. The molecule has 1 heterocycles. The molecule has 17 heavy (non-hydrogen) atoms. The Morgan fingerprint density at radius 2 is 2.29 bits per heavy atom. The van der Waals surface area contributed by atoms with Crippen molar-refractivity contribution in [2.24, 2.45) is 0 Å². The lowest BCUT2D eigenvalue weighted by Gasteiger charge is -2.11. The monoisotopic (exact) mass is 258 g/mol. The number of ether oxygens (including phenoxy) is 2. The van der Waals surface area contributed by atoms with Crippen LogP contribution in [-0.2, 0) is 16.1 Å². The summed E-state index contributed by atoms with van der Waals surface area (Å²) < 4.78 is 11.0. The van der Waals surface area contributed by atoms with Crippen LogP contribution in [0, 0.1) is 0 Å². The van der Waals surface area contributed by atoms with E-state index < -0.39 is 0 Å². The maximum absolute atomic E-state index is 5.67. The van der Waals surface area contributed by atoms with Crippen LogP contribution in [-0.4, -0.2) is 30.8 Å². The van der Waals surface area contributed by atoms with Crippen molar-refractivity contribution >= 4 is 16.5 Å². The summed E-state index contributed by atoms with van der Waals surface area (Å²) >= 11 is 1.65. The van der Waals surface area contributed by atoms with Gasteiger partial charge in [-0.3, -0.25) is 0 Å². The smallest absolute Gasteiger partial charge is 0.182 e. The molecule has 0 aliphatic heterocycles. The van der Waals surface area contributed by atoms with Gasteiger partial charge < -0.3 is 14.8 Å². The predicted octanol–water partition coefficient (Wildman–Crippen LogP) is 2.91. The Hall–Kier alpha value is -0.650. The lowest BCUT2D eigenvalue weighted by molar-refractivity contribution is -0.0108. The summed E-state index contributed by atoms with van der Waals surface area (Å²) in [6.07, 6.45) is 3.11. The first-order valence-corrected chi connectivity index (χ1v) is 6.95. The van der Waals surface area contributed by atoms with Gasteiger partial charge in [0.2, 0.25) is 0 Å². The molecule has 98 valence electrons. The van der Waals surface area contributed by atoms with Crippen LogP contribution in [0.5, 0.6) is 0 Å². The van der Waals surface area contributed by atoms with Gasteiger partial charge in [0.1, 0.15) is 0 Å². The second-order valence-electron chi connectivity index (χ2n) is 3.84. The summed E-state index contributed by atoms with van der Waals surface area (Å²) in [4.78, 5) is 5.44. The minimum Gasteiger partial charge on any atom is -0.379 e. The molecular formula is C12H22N2O2S. The second kappa shape index (κ2) is 8.44. The van der Waals surface area contributed by atoms with E-state index in [0.717, 1.165) is 29.6 Å². The normalized spacial score (nSPS) is 12.6. The van der Waals surface area contributed by atoms with Gasteiger partial charge in [-0.15, -0.1) is 0 Å². The van der Waals surface area contributed by atoms with Gasteiger partial charge >= 0.3 is 0 Å². The average molecular weight is 258 g/mol. The third-order valence-electron chi connectivity index (χ3n) is 2.15. The molecule has 0 amide bonds. The number of anilines is 1. The van der Waals surface area contributed by atoms with E-state index in [1.807, 2.05) is 20.0 Å². The minimum atomic E-state index is 0.129. The summed E-state index contributed by atoms with van der Waals surface area (Å²) in [6.45, 7) is 9.11. The van der Waals surface area contributed by atoms with E-state index in [0.29, 0.717) is 13.2 Å². The molecule has 1 unspecified atom stereocenters. The number of nitrogens with zero attached hydrogens (tertiary/aromatic N) is 1. The third kappa shape index (κ3) is 6.00. The molecule has 0 aliphatic rings. The van der Waals surface area contributed by atoms with Crippen molar-refractivity contribution in [3.8, 4) is 0 Å². The Bertz CT molecular complexity index is 304. The number of thiazole rings is 1. The molecule has 1 aromatic heterocycles. The molecule has 0 bridgehead atoms. The molecule has 0 saturated heterocycles. The molecule has 0 aromatic carbocycles. The zero-order valence-electron chi connectivity index (χ0n) is 10.9. The number of rotatable bonds is 9. The Morgan fingerprint density at radius 3 is 3.00 bits per heavy atom. The number of hydrogen-bond donors (Lipinski definition) is 1. The number of hydrogen-bond acceptors (Lipinski definition) is 5. The zero-order valence-corrected chi connectivity index (χ0v) is 11.7. The highest BCUT2D eigenvalue weighted by Crippen LogP contribution is 2.19. The van der Waals surface area contributed by atoms with Gasteiger partial charge in [0.25, 0.3) is 0 Å². The molecule has 5 heteroatoms. The van der Waals surface area contributed by atoms with E-state index in [9.17, 15) is 0 Å². The fourth-order valence-electron chi connectivity index (χ4n) is 1.24. The first kappa shape index (κ1) is 14.4. The van der Waals surface area contributed by atoms with E-state index in [4.69, 9.17) is 9.47 Å². The average Bonchev–Trinajstić information content (AvgIpc) is 2.79. The fraction of sp³-hybridized carbons (Fsp3) is 0.750. The van der Waals surface area contributed by atoms with Gasteiger partial charge in [0, 0.05) is 19.3 Å². The van der Waals surface area contributed by atoms with Crippen molar-refractivity contribution in [2.45, 2.75) is 39.9 Å². The highest BCUT2D eigenvalue weighted by Gasteiger charge is 2.05. The summed E-state index contributed by atoms with van der Waals surface area (Å²) in [5.41, 5.74) is 0. The van der Waals surface area contributed by atoms with Crippen LogP contribution in [0.4, 0.5) is 5.13 Å². The summed E-state index contributed by atoms with van der Waals surface area (Å²) in [6, 6.07) is 0. The Kier molecular flexibility index (Phi) is 7.16. The van der Waals surface area contributed by atoms with E-state index in [-0.39, 0.29) is 6.10 Å². The molecule has 4 nitrogen and oxygen atoms in total. The van der Waals surface area contributed by atoms with Gasteiger partial charge in [-0.05, 0) is 20.3 Å². The molecular weight excluding hydrogens is 236 g/mol. The van der Waals surface area contributed by atoms with Crippen LogP contribution in [0.3, 0.4) is 0 Å². The van der Waals surface area contributed by atoms with Crippen LogP contribution in [0.15, 0.2) is 6.20 Å². The van der Waals surface area contributed by atoms with Crippen molar-refractivity contribution in [1.29, 1.82) is 0 Å².